The van der Waals surface area contributed by atoms with Crippen molar-refractivity contribution in [1.29, 1.82) is 0 Å². The lowest BCUT2D eigenvalue weighted by Crippen LogP contribution is -2.30. The Hall–Kier alpha value is -4.14. The Morgan fingerprint density at radius 1 is 1.06 bits per heavy atom. The van der Waals surface area contributed by atoms with E-state index in [1.807, 2.05) is 0 Å². The summed E-state index contributed by atoms with van der Waals surface area (Å²) in [5, 5.41) is 3.15. The summed E-state index contributed by atoms with van der Waals surface area (Å²) in [5.41, 5.74) is 1.97. The summed E-state index contributed by atoms with van der Waals surface area (Å²) >= 11 is 0. The minimum absolute atomic E-state index is 0.0172. The van der Waals surface area contributed by atoms with Gasteiger partial charge in [-0.2, -0.15) is 0 Å². The van der Waals surface area contributed by atoms with E-state index in [-0.39, 0.29) is 31.4 Å². The molecule has 0 radical (unpaired) electrons. The van der Waals surface area contributed by atoms with Crippen molar-refractivity contribution in [3.05, 3.63) is 65.4 Å². The molecule has 4 rings (SSSR count). The molecule has 2 heterocycles. The molecule has 34 heavy (non-hydrogen) atoms. The molecule has 0 atom stereocenters. The van der Waals surface area contributed by atoms with E-state index in [1.165, 1.54) is 0 Å². The molecule has 0 aliphatic carbocycles. The Morgan fingerprint density at radius 3 is 2.53 bits per heavy atom. The Bertz CT molecular complexity index is 1230. The monoisotopic (exact) mass is 464 g/mol. The van der Waals surface area contributed by atoms with Crippen molar-refractivity contribution in [2.24, 2.45) is 0 Å². The van der Waals surface area contributed by atoms with Crippen LogP contribution in [0.1, 0.15) is 46.2 Å². The molecule has 2 aromatic carbocycles. The molecule has 1 aromatic heterocycles. The summed E-state index contributed by atoms with van der Waals surface area (Å²) < 4.78 is 15.9. The summed E-state index contributed by atoms with van der Waals surface area (Å²) in [6.07, 6.45) is 1.35. The third kappa shape index (κ3) is 4.93. The summed E-state index contributed by atoms with van der Waals surface area (Å²) in [6.45, 7) is 1.97. The highest BCUT2D eigenvalue weighted by Crippen LogP contribution is 2.27. The van der Waals surface area contributed by atoms with Crippen LogP contribution in [0.3, 0.4) is 0 Å². The minimum atomic E-state index is -0.673. The predicted octanol–water partition coefficient (Wildman–Crippen LogP) is 3.21. The highest BCUT2D eigenvalue weighted by atomic mass is 16.5. The van der Waals surface area contributed by atoms with Gasteiger partial charge in [0.15, 0.2) is 0 Å². The second-order valence-electron chi connectivity index (χ2n) is 7.67. The first-order valence-electron chi connectivity index (χ1n) is 11.0. The number of nitrogens with zero attached hydrogens (tertiary/aromatic N) is 1. The van der Waals surface area contributed by atoms with Crippen molar-refractivity contribution in [2.45, 2.75) is 26.4 Å². The molecule has 0 bridgehead atoms. The smallest absolute Gasteiger partial charge is 0.374 e. The van der Waals surface area contributed by atoms with Crippen LogP contribution in [0.25, 0.3) is 11.0 Å². The number of esters is 2. The molecular weight excluding hydrogens is 440 g/mol. The van der Waals surface area contributed by atoms with Crippen molar-refractivity contribution in [1.82, 2.24) is 5.32 Å². The third-order valence-electron chi connectivity index (χ3n) is 5.44. The van der Waals surface area contributed by atoms with E-state index < -0.39 is 17.8 Å². The zero-order chi connectivity index (χ0) is 24.1. The van der Waals surface area contributed by atoms with Crippen LogP contribution in [-0.4, -0.2) is 43.4 Å². The van der Waals surface area contributed by atoms with Gasteiger partial charge in [0.25, 0.3) is 5.91 Å². The van der Waals surface area contributed by atoms with Gasteiger partial charge in [0.2, 0.25) is 11.7 Å². The average molecular weight is 464 g/mol. The van der Waals surface area contributed by atoms with E-state index >= 15 is 0 Å². The molecule has 0 spiro atoms. The van der Waals surface area contributed by atoms with Crippen LogP contribution in [0.2, 0.25) is 0 Å². The molecule has 176 valence electrons. The molecule has 9 nitrogen and oxygen atoms in total. The molecule has 3 aromatic rings. The van der Waals surface area contributed by atoms with Crippen LogP contribution in [0.4, 0.5) is 5.69 Å². The van der Waals surface area contributed by atoms with Gasteiger partial charge < -0.3 is 24.1 Å². The summed E-state index contributed by atoms with van der Waals surface area (Å²) in [4.78, 5) is 50.4. The second kappa shape index (κ2) is 10.2. The second-order valence-corrected chi connectivity index (χ2v) is 7.67. The number of furan rings is 1. The summed E-state index contributed by atoms with van der Waals surface area (Å²) in [5.74, 6) is -1.71. The zero-order valence-corrected chi connectivity index (χ0v) is 18.7. The van der Waals surface area contributed by atoms with E-state index in [1.54, 1.807) is 60.4 Å². The molecule has 1 saturated heterocycles. The Balaban J connectivity index is 1.34. The Morgan fingerprint density at radius 2 is 1.82 bits per heavy atom. The minimum Gasteiger partial charge on any atom is -0.460 e. The highest BCUT2D eigenvalue weighted by Gasteiger charge is 2.23. The molecule has 2 amide bonds. The molecule has 1 aliphatic rings. The maximum Gasteiger partial charge on any atom is 0.374 e. The summed E-state index contributed by atoms with van der Waals surface area (Å²) in [7, 11) is 0. The van der Waals surface area contributed by atoms with E-state index in [0.717, 1.165) is 12.1 Å². The van der Waals surface area contributed by atoms with E-state index in [2.05, 4.69) is 5.32 Å². The number of hydrogen-bond acceptors (Lipinski definition) is 7. The van der Waals surface area contributed by atoms with Crippen LogP contribution in [0.15, 0.2) is 52.9 Å². The largest absolute Gasteiger partial charge is 0.460 e. The van der Waals surface area contributed by atoms with Crippen molar-refractivity contribution in [2.75, 3.05) is 24.6 Å². The number of nitrogens with one attached hydrogen (secondary N) is 1. The van der Waals surface area contributed by atoms with Crippen molar-refractivity contribution in [3.8, 4) is 0 Å². The number of amides is 2. The third-order valence-corrected chi connectivity index (χ3v) is 5.44. The van der Waals surface area contributed by atoms with E-state index in [4.69, 9.17) is 13.9 Å². The maximum absolute atomic E-state index is 12.4. The number of ether oxygens (including phenoxy) is 2. The van der Waals surface area contributed by atoms with Gasteiger partial charge in [-0.25, -0.2) is 4.79 Å². The number of para-hydroxylation sites is 1. The first-order valence-corrected chi connectivity index (χ1v) is 11.0. The topological polar surface area (TPSA) is 115 Å². The standard InChI is InChI=1S/C25H24N2O7/c1-2-32-25(31)23-19(18-6-3-4-7-20(18)34-23)15-33-22(29)14-26-24(30)16-9-11-17(12-10-16)27-13-5-8-21(27)28/h3-4,6-7,9-12H,2,5,8,13-15H2,1H3,(H,26,30). The first kappa shape index (κ1) is 23.0. The average Bonchev–Trinajstić information content (AvgIpc) is 3.45. The molecule has 1 fully saturated rings. The first-order chi connectivity index (χ1) is 16.5. The number of rotatable bonds is 8. The lowest BCUT2D eigenvalue weighted by molar-refractivity contribution is -0.143. The van der Waals surface area contributed by atoms with Crippen molar-refractivity contribution >= 4 is 40.4 Å². The molecular formula is C25H24N2O7. The van der Waals surface area contributed by atoms with Gasteiger partial charge in [0, 0.05) is 29.6 Å². The lowest BCUT2D eigenvalue weighted by atomic mass is 10.1. The van der Waals surface area contributed by atoms with Crippen LogP contribution in [0.5, 0.6) is 0 Å². The maximum atomic E-state index is 12.4. The molecule has 9 heteroatoms. The van der Waals surface area contributed by atoms with Crippen LogP contribution in [-0.2, 0) is 25.7 Å². The van der Waals surface area contributed by atoms with Crippen LogP contribution in [0, 0.1) is 0 Å². The fourth-order valence-corrected chi connectivity index (χ4v) is 3.78. The van der Waals surface area contributed by atoms with E-state index in [0.29, 0.717) is 35.1 Å². The molecule has 0 unspecified atom stereocenters. The van der Waals surface area contributed by atoms with Gasteiger partial charge in [-0.05, 0) is 43.7 Å². The Kier molecular flexibility index (Phi) is 6.91. The van der Waals surface area contributed by atoms with Crippen molar-refractivity contribution < 1.29 is 33.1 Å². The van der Waals surface area contributed by atoms with Crippen LogP contribution < -0.4 is 10.2 Å². The van der Waals surface area contributed by atoms with Gasteiger partial charge >= 0.3 is 11.9 Å². The quantitative estimate of drug-likeness (QED) is 0.509. The number of anilines is 1. The van der Waals surface area contributed by atoms with E-state index in [9.17, 15) is 19.2 Å². The van der Waals surface area contributed by atoms with Gasteiger partial charge in [-0.3, -0.25) is 14.4 Å². The Labute approximate surface area is 195 Å². The zero-order valence-electron chi connectivity index (χ0n) is 18.7. The predicted molar refractivity (Wildman–Crippen MR) is 122 cm³/mol. The van der Waals surface area contributed by atoms with Gasteiger partial charge in [0.1, 0.15) is 18.7 Å². The van der Waals surface area contributed by atoms with Gasteiger partial charge in [0.05, 0.1) is 12.2 Å². The molecule has 1 aliphatic heterocycles. The number of benzene rings is 2. The normalized spacial score (nSPS) is 13.2. The number of carbonyl (C=O) groups excluding carboxylic acids is 4. The number of fused-ring (bicyclic) bond motifs is 1. The lowest BCUT2D eigenvalue weighted by Gasteiger charge is -2.15. The van der Waals surface area contributed by atoms with Gasteiger partial charge in [-0.15, -0.1) is 0 Å². The number of hydrogen-bond donors (Lipinski definition) is 1. The van der Waals surface area contributed by atoms with Crippen molar-refractivity contribution in [3.63, 3.8) is 0 Å². The van der Waals surface area contributed by atoms with Crippen LogP contribution >= 0.6 is 0 Å². The fourth-order valence-electron chi connectivity index (χ4n) is 3.78. The van der Waals surface area contributed by atoms with Gasteiger partial charge in [-0.1, -0.05) is 18.2 Å². The highest BCUT2D eigenvalue weighted by molar-refractivity contribution is 5.99. The molecule has 0 saturated carbocycles. The SMILES string of the molecule is CCOC(=O)c1oc2ccccc2c1COC(=O)CNC(=O)c1ccc(N2CCCC2=O)cc1. The molecule has 1 N–H and O–H groups in total. The number of carbonyl (C=O) groups is 4. The summed E-state index contributed by atoms with van der Waals surface area (Å²) in [6, 6.07) is 13.6. The fraction of sp³-hybridized carbons (Fsp3) is 0.280.